The second-order valence-electron chi connectivity index (χ2n) is 6.54. The van der Waals surface area contributed by atoms with Crippen molar-refractivity contribution >= 4 is 50.4 Å². The van der Waals surface area contributed by atoms with Crippen LogP contribution in [0.1, 0.15) is 23.3 Å². The number of sulfonamides is 1. The number of nitrogens with zero attached hydrogens (tertiary/aromatic N) is 1. The summed E-state index contributed by atoms with van der Waals surface area (Å²) in [5, 5.41) is 7.18. The lowest BCUT2D eigenvalue weighted by molar-refractivity contribution is -0.125. The third kappa shape index (κ3) is 5.57. The highest BCUT2D eigenvalue weighted by Crippen LogP contribution is 2.28. The number of hydrogen-bond donors (Lipinski definition) is 1. The van der Waals surface area contributed by atoms with Crippen molar-refractivity contribution in [3.8, 4) is 0 Å². The van der Waals surface area contributed by atoms with Crippen molar-refractivity contribution in [3.05, 3.63) is 39.4 Å². The van der Waals surface area contributed by atoms with Crippen LogP contribution in [-0.2, 0) is 20.6 Å². The van der Waals surface area contributed by atoms with Crippen molar-refractivity contribution in [2.24, 2.45) is 5.92 Å². The Morgan fingerprint density at radius 2 is 2.22 bits per heavy atom. The number of carbonyl (C=O) groups is 1. The van der Waals surface area contributed by atoms with E-state index in [0.717, 1.165) is 22.8 Å². The zero-order chi connectivity index (χ0) is 19.3. The summed E-state index contributed by atoms with van der Waals surface area (Å²) in [7, 11) is -3.49. The molecule has 2 aromatic rings. The Hall–Kier alpha value is -0.870. The lowest BCUT2D eigenvalue weighted by Gasteiger charge is -2.30. The predicted molar refractivity (Wildman–Crippen MR) is 114 cm³/mol. The normalized spacial score (nSPS) is 18.5. The van der Waals surface area contributed by atoms with Gasteiger partial charge in [-0.3, -0.25) is 4.79 Å². The standard InChI is InChI=1S/C18H24N2O3S4/c1-14-4-5-17(26-14)27(22,23)20-8-2-3-16(11-20)18(21)19-7-10-25-13-15-6-9-24-12-15/h4-6,9,12,16H,2-3,7-8,10-11,13H2,1H3,(H,19,21)/t16-/m0/s1. The first-order chi connectivity index (χ1) is 13.0. The van der Waals surface area contributed by atoms with Crippen LogP contribution in [0, 0.1) is 12.8 Å². The van der Waals surface area contributed by atoms with Gasteiger partial charge >= 0.3 is 0 Å². The molecule has 1 atom stereocenters. The van der Waals surface area contributed by atoms with Gasteiger partial charge in [0.2, 0.25) is 5.91 Å². The largest absolute Gasteiger partial charge is 0.355 e. The van der Waals surface area contributed by atoms with Gasteiger partial charge < -0.3 is 5.32 Å². The molecule has 1 aliphatic rings. The Kier molecular flexibility index (Phi) is 7.38. The molecule has 0 aliphatic carbocycles. The second-order valence-corrected chi connectivity index (χ2v) is 11.9. The molecular formula is C18H24N2O3S4. The number of thioether (sulfide) groups is 1. The van der Waals surface area contributed by atoms with Gasteiger partial charge in [-0.1, -0.05) is 0 Å². The van der Waals surface area contributed by atoms with E-state index in [1.807, 2.05) is 13.0 Å². The first kappa shape index (κ1) is 20.9. The average Bonchev–Trinajstić information content (AvgIpc) is 3.33. The van der Waals surface area contributed by atoms with Gasteiger partial charge in [0.15, 0.2) is 0 Å². The minimum atomic E-state index is -3.49. The van der Waals surface area contributed by atoms with E-state index < -0.39 is 10.0 Å². The van der Waals surface area contributed by atoms with Crippen molar-refractivity contribution < 1.29 is 13.2 Å². The van der Waals surface area contributed by atoms with Crippen molar-refractivity contribution in [1.82, 2.24) is 9.62 Å². The summed E-state index contributed by atoms with van der Waals surface area (Å²) in [4.78, 5) is 13.4. The highest BCUT2D eigenvalue weighted by Gasteiger charge is 2.33. The molecule has 1 amide bonds. The number of thiophene rings is 2. The zero-order valence-electron chi connectivity index (χ0n) is 15.2. The number of amides is 1. The van der Waals surface area contributed by atoms with Crippen molar-refractivity contribution in [1.29, 1.82) is 0 Å². The third-order valence-corrected chi connectivity index (χ3v) is 9.55. The summed E-state index contributed by atoms with van der Waals surface area (Å²) in [6.07, 6.45) is 1.46. The van der Waals surface area contributed by atoms with E-state index in [1.165, 1.54) is 21.2 Å². The molecule has 3 rings (SSSR count). The SMILES string of the molecule is Cc1ccc(S(=O)(=O)N2CCC[C@H](C(=O)NCCSCc3ccsc3)C2)s1. The average molecular weight is 445 g/mol. The molecule has 2 aromatic heterocycles. The Morgan fingerprint density at radius 3 is 2.93 bits per heavy atom. The van der Waals surface area contributed by atoms with Gasteiger partial charge in [0.1, 0.15) is 4.21 Å². The molecule has 3 heterocycles. The topological polar surface area (TPSA) is 66.5 Å². The number of piperidine rings is 1. The summed E-state index contributed by atoms with van der Waals surface area (Å²) in [5.74, 6) is 1.50. The van der Waals surface area contributed by atoms with Crippen LogP contribution >= 0.6 is 34.4 Å². The minimum Gasteiger partial charge on any atom is -0.355 e. The number of hydrogen-bond acceptors (Lipinski definition) is 6. The molecular weight excluding hydrogens is 420 g/mol. The van der Waals surface area contributed by atoms with Crippen LogP contribution in [0.2, 0.25) is 0 Å². The summed E-state index contributed by atoms with van der Waals surface area (Å²) < 4.78 is 27.4. The van der Waals surface area contributed by atoms with Crippen molar-refractivity contribution in [3.63, 3.8) is 0 Å². The van der Waals surface area contributed by atoms with Gasteiger partial charge in [-0.25, -0.2) is 8.42 Å². The Labute approximate surface area is 173 Å². The summed E-state index contributed by atoms with van der Waals surface area (Å²) in [5.41, 5.74) is 1.31. The Balaban J connectivity index is 1.46. The molecule has 0 spiro atoms. The van der Waals surface area contributed by atoms with Gasteiger partial charge in [-0.2, -0.15) is 27.4 Å². The Morgan fingerprint density at radius 1 is 1.37 bits per heavy atom. The molecule has 0 radical (unpaired) electrons. The second kappa shape index (κ2) is 9.56. The van der Waals surface area contributed by atoms with Gasteiger partial charge in [0.25, 0.3) is 10.0 Å². The molecule has 9 heteroatoms. The molecule has 1 aliphatic heterocycles. The number of aryl methyl sites for hydroxylation is 1. The third-order valence-electron chi connectivity index (χ3n) is 4.46. The number of nitrogens with one attached hydrogen (secondary N) is 1. The molecule has 0 saturated carbocycles. The molecule has 5 nitrogen and oxygen atoms in total. The van der Waals surface area contributed by atoms with Crippen LogP contribution in [-0.4, -0.2) is 44.0 Å². The predicted octanol–water partition coefficient (Wildman–Crippen LogP) is 3.57. The maximum Gasteiger partial charge on any atom is 0.252 e. The fourth-order valence-corrected chi connectivity index (χ4v) is 7.55. The fourth-order valence-electron chi connectivity index (χ4n) is 3.01. The highest BCUT2D eigenvalue weighted by atomic mass is 32.2. The molecule has 1 N–H and O–H groups in total. The summed E-state index contributed by atoms with van der Waals surface area (Å²) in [6, 6.07) is 5.59. The van der Waals surface area contributed by atoms with Crippen LogP contribution in [0.4, 0.5) is 0 Å². The smallest absolute Gasteiger partial charge is 0.252 e. The van der Waals surface area contributed by atoms with Crippen LogP contribution in [0.3, 0.4) is 0 Å². The highest BCUT2D eigenvalue weighted by molar-refractivity contribution is 7.98. The van der Waals surface area contributed by atoms with Gasteiger partial charge in [0, 0.05) is 36.0 Å². The van der Waals surface area contributed by atoms with E-state index >= 15 is 0 Å². The Bertz CT molecular complexity index is 846. The first-order valence-corrected chi connectivity index (χ1v) is 13.3. The monoisotopic (exact) mass is 444 g/mol. The molecule has 0 aromatic carbocycles. The van der Waals surface area contributed by atoms with E-state index in [9.17, 15) is 13.2 Å². The van der Waals surface area contributed by atoms with E-state index in [0.29, 0.717) is 23.7 Å². The molecule has 1 saturated heterocycles. The minimum absolute atomic E-state index is 0.0339. The van der Waals surface area contributed by atoms with Crippen LogP contribution < -0.4 is 5.32 Å². The van der Waals surface area contributed by atoms with E-state index in [-0.39, 0.29) is 18.4 Å². The molecule has 1 fully saturated rings. The number of rotatable bonds is 8. The van der Waals surface area contributed by atoms with Gasteiger partial charge in [-0.05, 0) is 54.3 Å². The lowest BCUT2D eigenvalue weighted by atomic mass is 9.99. The van der Waals surface area contributed by atoms with Gasteiger partial charge in [-0.15, -0.1) is 11.3 Å². The zero-order valence-corrected chi connectivity index (χ0v) is 18.5. The lowest BCUT2D eigenvalue weighted by Crippen LogP contribution is -2.45. The van der Waals surface area contributed by atoms with E-state index in [1.54, 1.807) is 29.2 Å². The maximum atomic E-state index is 12.8. The number of carbonyl (C=O) groups excluding carboxylic acids is 1. The quantitative estimate of drug-likeness (QED) is 0.632. The van der Waals surface area contributed by atoms with Gasteiger partial charge in [0.05, 0.1) is 5.92 Å². The summed E-state index contributed by atoms with van der Waals surface area (Å²) in [6.45, 7) is 3.26. The molecule has 0 bridgehead atoms. The first-order valence-electron chi connectivity index (χ1n) is 8.90. The molecule has 148 valence electrons. The molecule has 27 heavy (non-hydrogen) atoms. The summed E-state index contributed by atoms with van der Waals surface area (Å²) >= 11 is 4.77. The van der Waals surface area contributed by atoms with Crippen LogP contribution in [0.5, 0.6) is 0 Å². The fraction of sp³-hybridized carbons (Fsp3) is 0.500. The van der Waals surface area contributed by atoms with Crippen LogP contribution in [0.15, 0.2) is 33.2 Å². The van der Waals surface area contributed by atoms with E-state index in [4.69, 9.17) is 0 Å². The van der Waals surface area contributed by atoms with Crippen molar-refractivity contribution in [2.45, 2.75) is 29.7 Å². The molecule has 0 unspecified atom stereocenters. The van der Waals surface area contributed by atoms with Crippen molar-refractivity contribution in [2.75, 3.05) is 25.4 Å². The van der Waals surface area contributed by atoms with Crippen LogP contribution in [0.25, 0.3) is 0 Å². The maximum absolute atomic E-state index is 12.8. The van der Waals surface area contributed by atoms with E-state index in [2.05, 4.69) is 22.1 Å².